The van der Waals surface area contributed by atoms with Crippen LogP contribution in [-0.4, -0.2) is 52.7 Å². The maximum atomic E-state index is 13.1. The Hall–Kier alpha value is -3.54. The summed E-state index contributed by atoms with van der Waals surface area (Å²) in [6.07, 6.45) is 3.43. The number of nitrogens with zero attached hydrogens (tertiary/aromatic N) is 4. The van der Waals surface area contributed by atoms with Gasteiger partial charge in [-0.3, -0.25) is 9.59 Å². The van der Waals surface area contributed by atoms with E-state index in [4.69, 9.17) is 0 Å². The molecule has 1 saturated heterocycles. The highest BCUT2D eigenvalue weighted by Gasteiger charge is 2.26. The largest absolute Gasteiger partial charge is 0.337 e. The number of hydrogen-bond donors (Lipinski definition) is 0. The maximum Gasteiger partial charge on any atom is 0.254 e. The van der Waals surface area contributed by atoms with Gasteiger partial charge in [0.05, 0.1) is 5.56 Å². The minimum Gasteiger partial charge on any atom is -0.337 e. The predicted octanol–water partition coefficient (Wildman–Crippen LogP) is 2.67. The molecule has 0 radical (unpaired) electrons. The molecular weight excluding hydrogens is 352 g/mol. The fraction of sp³-hybridized carbons (Fsp3) is 0.182. The second-order valence-corrected chi connectivity index (χ2v) is 6.57. The predicted molar refractivity (Wildman–Crippen MR) is 106 cm³/mol. The second-order valence-electron chi connectivity index (χ2n) is 6.57. The van der Waals surface area contributed by atoms with Crippen molar-refractivity contribution in [2.45, 2.75) is 0 Å². The minimum atomic E-state index is -0.138. The summed E-state index contributed by atoms with van der Waals surface area (Å²) >= 11 is 0. The summed E-state index contributed by atoms with van der Waals surface area (Å²) in [6.45, 7) is 2.44. The number of rotatable bonds is 4. The van der Waals surface area contributed by atoms with Gasteiger partial charge < -0.3 is 9.80 Å². The van der Waals surface area contributed by atoms with Crippen molar-refractivity contribution in [2.75, 3.05) is 31.1 Å². The van der Waals surface area contributed by atoms with Gasteiger partial charge in [-0.1, -0.05) is 48.5 Å². The van der Waals surface area contributed by atoms with Gasteiger partial charge in [-0.05, 0) is 12.1 Å². The number of amides is 1. The van der Waals surface area contributed by atoms with E-state index in [1.807, 2.05) is 18.2 Å². The van der Waals surface area contributed by atoms with Crippen LogP contribution in [0.5, 0.6) is 0 Å². The van der Waals surface area contributed by atoms with Crippen LogP contribution in [0.15, 0.2) is 73.1 Å². The molecule has 1 fully saturated rings. The van der Waals surface area contributed by atoms with E-state index in [9.17, 15) is 9.59 Å². The van der Waals surface area contributed by atoms with Crippen molar-refractivity contribution >= 4 is 17.6 Å². The summed E-state index contributed by atoms with van der Waals surface area (Å²) in [6, 6.07) is 17.9. The van der Waals surface area contributed by atoms with Crippen LogP contribution >= 0.6 is 0 Å². The fourth-order valence-electron chi connectivity index (χ4n) is 3.35. The van der Waals surface area contributed by atoms with Crippen molar-refractivity contribution < 1.29 is 9.59 Å². The van der Waals surface area contributed by atoms with Gasteiger partial charge in [0.1, 0.15) is 0 Å². The molecule has 1 amide bonds. The summed E-state index contributed by atoms with van der Waals surface area (Å²) in [5.41, 5.74) is 1.46. The molecule has 0 spiro atoms. The molecule has 4 rings (SSSR count). The lowest BCUT2D eigenvalue weighted by molar-refractivity contribution is 0.0742. The Morgan fingerprint density at radius 2 is 1.32 bits per heavy atom. The number of piperazine rings is 1. The molecule has 0 atom stereocenters. The number of aromatic nitrogens is 2. The molecule has 140 valence electrons. The molecule has 0 N–H and O–H groups in total. The first-order chi connectivity index (χ1) is 13.7. The van der Waals surface area contributed by atoms with Crippen molar-refractivity contribution in [1.82, 2.24) is 14.9 Å². The second kappa shape index (κ2) is 8.00. The molecule has 0 saturated carbocycles. The lowest BCUT2D eigenvalue weighted by Crippen LogP contribution is -2.49. The number of anilines is 1. The Labute approximate surface area is 163 Å². The quantitative estimate of drug-likeness (QED) is 0.659. The van der Waals surface area contributed by atoms with Gasteiger partial charge >= 0.3 is 0 Å². The smallest absolute Gasteiger partial charge is 0.254 e. The van der Waals surface area contributed by atoms with Gasteiger partial charge in [0, 0.05) is 49.7 Å². The molecule has 0 bridgehead atoms. The molecule has 1 aliphatic heterocycles. The Bertz CT molecular complexity index is 968. The topological polar surface area (TPSA) is 66.4 Å². The van der Waals surface area contributed by atoms with E-state index in [2.05, 4.69) is 14.9 Å². The highest BCUT2D eigenvalue weighted by Crippen LogP contribution is 2.18. The van der Waals surface area contributed by atoms with Crippen molar-refractivity contribution in [3.05, 3.63) is 89.7 Å². The van der Waals surface area contributed by atoms with Gasteiger partial charge in [-0.25, -0.2) is 9.97 Å². The standard InChI is InChI=1S/C22H20N4O2/c27-20(17-7-2-1-3-8-17)18-9-4-5-10-19(18)21(28)25-13-15-26(16-14-25)22-23-11-6-12-24-22/h1-12H,13-16H2. The number of carbonyl (C=O) groups excluding carboxylic acids is 2. The average molecular weight is 372 g/mol. The van der Waals surface area contributed by atoms with E-state index in [1.165, 1.54) is 0 Å². The van der Waals surface area contributed by atoms with Crippen LogP contribution in [0.2, 0.25) is 0 Å². The molecule has 1 aromatic heterocycles. The zero-order chi connectivity index (χ0) is 19.3. The first-order valence-corrected chi connectivity index (χ1v) is 9.24. The van der Waals surface area contributed by atoms with Crippen LogP contribution in [0.1, 0.15) is 26.3 Å². The van der Waals surface area contributed by atoms with Crippen LogP contribution in [0.3, 0.4) is 0 Å². The molecule has 2 heterocycles. The summed E-state index contributed by atoms with van der Waals surface area (Å²) in [7, 11) is 0. The van der Waals surface area contributed by atoms with E-state index in [1.54, 1.807) is 59.8 Å². The molecule has 28 heavy (non-hydrogen) atoms. The molecule has 0 unspecified atom stereocenters. The lowest BCUT2D eigenvalue weighted by atomic mass is 9.97. The summed E-state index contributed by atoms with van der Waals surface area (Å²) in [5.74, 6) is 0.420. The van der Waals surface area contributed by atoms with Crippen molar-refractivity contribution in [1.29, 1.82) is 0 Å². The van der Waals surface area contributed by atoms with Crippen molar-refractivity contribution in [3.63, 3.8) is 0 Å². The van der Waals surface area contributed by atoms with E-state index in [0.29, 0.717) is 48.8 Å². The molecule has 1 aliphatic rings. The monoisotopic (exact) mass is 372 g/mol. The highest BCUT2D eigenvalue weighted by molar-refractivity contribution is 6.15. The third kappa shape index (κ3) is 3.62. The van der Waals surface area contributed by atoms with E-state index in [0.717, 1.165) is 0 Å². The SMILES string of the molecule is O=C(c1ccccc1)c1ccccc1C(=O)N1CCN(c2ncccn2)CC1. The third-order valence-corrected chi connectivity index (χ3v) is 4.84. The molecule has 6 heteroatoms. The van der Waals surface area contributed by atoms with Crippen LogP contribution in [-0.2, 0) is 0 Å². The molecule has 3 aromatic rings. The van der Waals surface area contributed by atoms with E-state index in [-0.39, 0.29) is 11.7 Å². The molecule has 6 nitrogen and oxygen atoms in total. The third-order valence-electron chi connectivity index (χ3n) is 4.84. The highest BCUT2D eigenvalue weighted by atomic mass is 16.2. The Kier molecular flexibility index (Phi) is 5.10. The lowest BCUT2D eigenvalue weighted by Gasteiger charge is -2.35. The van der Waals surface area contributed by atoms with Gasteiger partial charge in [-0.15, -0.1) is 0 Å². The zero-order valence-electron chi connectivity index (χ0n) is 15.4. The van der Waals surface area contributed by atoms with Crippen LogP contribution < -0.4 is 4.90 Å². The summed E-state index contributed by atoms with van der Waals surface area (Å²) in [5, 5.41) is 0. The van der Waals surface area contributed by atoms with E-state index < -0.39 is 0 Å². The van der Waals surface area contributed by atoms with Crippen molar-refractivity contribution in [2.24, 2.45) is 0 Å². The van der Waals surface area contributed by atoms with E-state index >= 15 is 0 Å². The Balaban J connectivity index is 1.51. The number of carbonyl (C=O) groups is 2. The summed E-state index contributed by atoms with van der Waals surface area (Å²) < 4.78 is 0. The van der Waals surface area contributed by atoms with Crippen LogP contribution in [0.4, 0.5) is 5.95 Å². The van der Waals surface area contributed by atoms with Gasteiger partial charge in [-0.2, -0.15) is 0 Å². The molecule has 0 aliphatic carbocycles. The number of ketones is 1. The molecular formula is C22H20N4O2. The van der Waals surface area contributed by atoms with Crippen LogP contribution in [0, 0.1) is 0 Å². The Morgan fingerprint density at radius 3 is 2.00 bits per heavy atom. The Morgan fingerprint density at radius 1 is 0.714 bits per heavy atom. The number of benzene rings is 2. The average Bonchev–Trinajstić information content (AvgIpc) is 2.79. The number of hydrogen-bond acceptors (Lipinski definition) is 5. The first-order valence-electron chi connectivity index (χ1n) is 9.24. The minimum absolute atomic E-state index is 0.117. The van der Waals surface area contributed by atoms with Crippen LogP contribution in [0.25, 0.3) is 0 Å². The maximum absolute atomic E-state index is 13.1. The van der Waals surface area contributed by atoms with Gasteiger partial charge in [0.25, 0.3) is 5.91 Å². The van der Waals surface area contributed by atoms with Crippen molar-refractivity contribution in [3.8, 4) is 0 Å². The van der Waals surface area contributed by atoms with Gasteiger partial charge in [0.15, 0.2) is 5.78 Å². The van der Waals surface area contributed by atoms with Gasteiger partial charge in [0.2, 0.25) is 5.95 Å². The normalized spacial score (nSPS) is 14.0. The molecule has 2 aromatic carbocycles. The zero-order valence-corrected chi connectivity index (χ0v) is 15.4. The fourth-order valence-corrected chi connectivity index (χ4v) is 3.35. The summed E-state index contributed by atoms with van der Waals surface area (Å²) in [4.78, 5) is 38.4. The first kappa shape index (κ1) is 17.9.